The zero-order chi connectivity index (χ0) is 22.1. The number of hydrogen-bond acceptors (Lipinski definition) is 5. The number of nitrogens with one attached hydrogen (secondary N) is 1. The van der Waals surface area contributed by atoms with Crippen LogP contribution in [0.25, 0.3) is 11.4 Å². The Bertz CT molecular complexity index is 1120. The number of aromatic nitrogens is 2. The van der Waals surface area contributed by atoms with Gasteiger partial charge in [0.05, 0.1) is 5.92 Å². The minimum absolute atomic E-state index is 0.00812. The zero-order valence-corrected chi connectivity index (χ0v) is 18.2. The van der Waals surface area contributed by atoms with Crippen LogP contribution in [0, 0.1) is 5.92 Å². The van der Waals surface area contributed by atoms with Gasteiger partial charge in [0.1, 0.15) is 0 Å². The van der Waals surface area contributed by atoms with Gasteiger partial charge in [-0.3, -0.25) is 9.69 Å². The molecule has 1 N–H and O–H groups in total. The molecule has 1 saturated carbocycles. The van der Waals surface area contributed by atoms with Gasteiger partial charge in [0.25, 0.3) is 0 Å². The van der Waals surface area contributed by atoms with Gasteiger partial charge in [-0.15, -0.1) is 0 Å². The Morgan fingerprint density at radius 3 is 2.62 bits per heavy atom. The Balaban J connectivity index is 1.24. The number of imide groups is 1. The molecule has 1 aromatic heterocycles. The predicted molar refractivity (Wildman–Crippen MR) is 119 cm³/mol. The summed E-state index contributed by atoms with van der Waals surface area (Å²) in [6, 6.07) is 16.6. The summed E-state index contributed by atoms with van der Waals surface area (Å²) in [5.74, 6) is 0.768. The highest BCUT2D eigenvalue weighted by Gasteiger charge is 2.45. The summed E-state index contributed by atoms with van der Waals surface area (Å²) in [7, 11) is 0. The van der Waals surface area contributed by atoms with Gasteiger partial charge < -0.3 is 9.84 Å². The first kappa shape index (κ1) is 20.7. The summed E-state index contributed by atoms with van der Waals surface area (Å²) in [6.45, 7) is 0.384. The summed E-state index contributed by atoms with van der Waals surface area (Å²) in [6.07, 6.45) is 2.69. The molecule has 3 aromatic rings. The van der Waals surface area contributed by atoms with Crippen LogP contribution in [-0.2, 0) is 11.2 Å². The predicted octanol–water partition coefficient (Wildman–Crippen LogP) is 4.44. The lowest BCUT2D eigenvalue weighted by atomic mass is 9.76. The Kier molecular flexibility index (Phi) is 5.66. The summed E-state index contributed by atoms with van der Waals surface area (Å²) >= 11 is 5.95. The molecule has 164 valence electrons. The van der Waals surface area contributed by atoms with E-state index in [-0.39, 0.29) is 29.8 Å². The van der Waals surface area contributed by atoms with Crippen LogP contribution in [0.4, 0.5) is 4.79 Å². The molecule has 1 aliphatic heterocycles. The Morgan fingerprint density at radius 1 is 1.06 bits per heavy atom. The van der Waals surface area contributed by atoms with E-state index in [1.54, 1.807) is 12.1 Å². The van der Waals surface area contributed by atoms with Crippen LogP contribution >= 0.6 is 11.6 Å². The van der Waals surface area contributed by atoms with E-state index >= 15 is 0 Å². The summed E-state index contributed by atoms with van der Waals surface area (Å²) in [4.78, 5) is 31.6. The largest absolute Gasteiger partial charge is 0.339 e. The van der Waals surface area contributed by atoms with Crippen LogP contribution in [0.2, 0.25) is 5.02 Å². The van der Waals surface area contributed by atoms with Crippen LogP contribution < -0.4 is 5.32 Å². The smallest absolute Gasteiger partial charge is 0.324 e. The lowest BCUT2D eigenvalue weighted by Gasteiger charge is -2.41. The van der Waals surface area contributed by atoms with Crippen LogP contribution in [0.1, 0.15) is 36.6 Å². The molecule has 0 bridgehead atoms. The van der Waals surface area contributed by atoms with Gasteiger partial charge in [0.15, 0.2) is 0 Å². The van der Waals surface area contributed by atoms with Gasteiger partial charge in [-0.25, -0.2) is 4.79 Å². The highest BCUT2D eigenvalue weighted by molar-refractivity contribution is 6.30. The van der Waals surface area contributed by atoms with Crippen molar-refractivity contribution in [2.24, 2.45) is 5.92 Å². The fourth-order valence-electron chi connectivity index (χ4n) is 4.60. The van der Waals surface area contributed by atoms with Crippen LogP contribution in [-0.4, -0.2) is 39.6 Å². The monoisotopic (exact) mass is 450 g/mol. The van der Waals surface area contributed by atoms with Crippen molar-refractivity contribution in [3.8, 4) is 11.4 Å². The number of urea groups is 1. The quantitative estimate of drug-likeness (QED) is 0.620. The van der Waals surface area contributed by atoms with E-state index in [0.717, 1.165) is 17.5 Å². The van der Waals surface area contributed by atoms with E-state index < -0.39 is 0 Å². The highest BCUT2D eigenvalue weighted by Crippen LogP contribution is 2.38. The third kappa shape index (κ3) is 4.12. The van der Waals surface area contributed by atoms with Crippen molar-refractivity contribution < 1.29 is 14.1 Å². The highest BCUT2D eigenvalue weighted by atomic mass is 35.5. The lowest BCUT2D eigenvalue weighted by Crippen LogP contribution is -2.61. The molecule has 2 heterocycles. The molecule has 8 heteroatoms. The number of carbonyl (C=O) groups excluding carboxylic acids is 2. The van der Waals surface area contributed by atoms with Gasteiger partial charge in [-0.1, -0.05) is 47.1 Å². The van der Waals surface area contributed by atoms with Crippen molar-refractivity contribution in [1.82, 2.24) is 20.4 Å². The molecule has 2 fully saturated rings. The van der Waals surface area contributed by atoms with Gasteiger partial charge >= 0.3 is 6.03 Å². The maximum Gasteiger partial charge on any atom is 0.324 e. The standard InChI is InChI=1S/C24H23ClN4O3/c25-18-9-6-16(7-10-18)21-27-22(32-28-21)17-8-11-19-20(14-17)26-24(31)29(23(19)30)13-12-15-4-2-1-3-5-15/h1-7,9-10,17,19-20H,8,11-14H2,(H,26,31). The molecule has 5 rings (SSSR count). The van der Waals surface area contributed by atoms with E-state index in [1.807, 2.05) is 42.5 Å². The molecule has 7 nitrogen and oxygen atoms in total. The minimum atomic E-state index is -0.319. The number of halogens is 1. The van der Waals surface area contributed by atoms with E-state index in [2.05, 4.69) is 15.5 Å². The zero-order valence-electron chi connectivity index (χ0n) is 17.4. The second-order valence-electron chi connectivity index (χ2n) is 8.36. The third-order valence-electron chi connectivity index (χ3n) is 6.35. The number of amides is 3. The summed E-state index contributed by atoms with van der Waals surface area (Å²) < 4.78 is 5.53. The first-order valence-corrected chi connectivity index (χ1v) is 11.2. The molecule has 3 amide bonds. The molecule has 0 spiro atoms. The first-order valence-electron chi connectivity index (χ1n) is 10.8. The third-order valence-corrected chi connectivity index (χ3v) is 6.60. The summed E-state index contributed by atoms with van der Waals surface area (Å²) in [5, 5.41) is 7.78. The average Bonchev–Trinajstić information content (AvgIpc) is 3.30. The van der Waals surface area contributed by atoms with E-state index in [4.69, 9.17) is 16.1 Å². The topological polar surface area (TPSA) is 88.3 Å². The molecule has 1 aliphatic carbocycles. The molecule has 3 atom stereocenters. The molecule has 2 aromatic carbocycles. The van der Waals surface area contributed by atoms with E-state index in [0.29, 0.717) is 42.5 Å². The number of hydrogen-bond donors (Lipinski definition) is 1. The van der Waals surface area contributed by atoms with Crippen molar-refractivity contribution in [2.45, 2.75) is 37.6 Å². The first-order chi connectivity index (χ1) is 15.6. The summed E-state index contributed by atoms with van der Waals surface area (Å²) in [5.41, 5.74) is 1.93. The minimum Gasteiger partial charge on any atom is -0.339 e. The van der Waals surface area contributed by atoms with Crippen molar-refractivity contribution in [3.63, 3.8) is 0 Å². The average molecular weight is 451 g/mol. The number of carbonyl (C=O) groups is 2. The molecule has 2 aliphatic rings. The van der Waals surface area contributed by atoms with Crippen molar-refractivity contribution in [2.75, 3.05) is 6.54 Å². The van der Waals surface area contributed by atoms with Crippen LogP contribution in [0.3, 0.4) is 0 Å². The molecular weight excluding hydrogens is 428 g/mol. The maximum absolute atomic E-state index is 13.1. The van der Waals surface area contributed by atoms with Gasteiger partial charge in [0.2, 0.25) is 17.6 Å². The van der Waals surface area contributed by atoms with Crippen molar-refractivity contribution >= 4 is 23.5 Å². The molecule has 3 unspecified atom stereocenters. The normalized spacial score (nSPS) is 23.0. The molecule has 1 saturated heterocycles. The van der Waals surface area contributed by atoms with Crippen molar-refractivity contribution in [3.05, 3.63) is 71.1 Å². The van der Waals surface area contributed by atoms with Crippen molar-refractivity contribution in [1.29, 1.82) is 0 Å². The van der Waals surface area contributed by atoms with Gasteiger partial charge in [-0.2, -0.15) is 4.98 Å². The fourth-order valence-corrected chi connectivity index (χ4v) is 4.73. The van der Waals surface area contributed by atoms with Gasteiger partial charge in [0, 0.05) is 29.1 Å². The Morgan fingerprint density at radius 2 is 1.84 bits per heavy atom. The van der Waals surface area contributed by atoms with Gasteiger partial charge in [-0.05, 0) is 55.5 Å². The van der Waals surface area contributed by atoms with Crippen LogP contribution in [0.15, 0.2) is 59.1 Å². The lowest BCUT2D eigenvalue weighted by molar-refractivity contribution is -0.136. The second kappa shape index (κ2) is 8.74. The Hall–Kier alpha value is -3.19. The number of rotatable bonds is 5. The molecule has 0 radical (unpaired) electrons. The number of fused-ring (bicyclic) bond motifs is 1. The molecular formula is C24H23ClN4O3. The van der Waals surface area contributed by atoms with E-state index in [1.165, 1.54) is 4.90 Å². The van der Waals surface area contributed by atoms with E-state index in [9.17, 15) is 9.59 Å². The number of benzene rings is 2. The van der Waals surface area contributed by atoms with Crippen LogP contribution in [0.5, 0.6) is 0 Å². The molecule has 32 heavy (non-hydrogen) atoms. The fraction of sp³-hybridized carbons (Fsp3) is 0.333. The number of nitrogens with zero attached hydrogens (tertiary/aromatic N) is 3. The Labute approximate surface area is 190 Å². The SMILES string of the molecule is O=C1NC2CC(c3nc(-c4ccc(Cl)cc4)no3)CCC2C(=O)N1CCc1ccccc1. The second-order valence-corrected chi connectivity index (χ2v) is 8.80. The maximum atomic E-state index is 13.1.